The van der Waals surface area contributed by atoms with Gasteiger partial charge in [0, 0.05) is 7.11 Å². The van der Waals surface area contributed by atoms with Gasteiger partial charge in [-0.2, -0.15) is 0 Å². The quantitative estimate of drug-likeness (QED) is 0.586. The molecule has 2 aliphatic carbocycles. The van der Waals surface area contributed by atoms with E-state index in [0.717, 1.165) is 5.41 Å². The molecule has 0 N–H and O–H groups in total. The maximum Gasteiger partial charge on any atom is 0.0582 e. The van der Waals surface area contributed by atoms with Crippen LogP contribution < -0.4 is 0 Å². The Bertz CT molecular complexity index is 117. The second kappa shape index (κ2) is 4.27. The zero-order valence-electron chi connectivity index (χ0n) is 8.73. The average molecular weight is 170 g/mol. The minimum Gasteiger partial charge on any atom is -0.381 e. The molecule has 72 valence electrons. The van der Waals surface area contributed by atoms with Crippen LogP contribution in [0.25, 0.3) is 0 Å². The van der Waals surface area contributed by atoms with Crippen LogP contribution in [0.15, 0.2) is 0 Å². The summed E-state index contributed by atoms with van der Waals surface area (Å²) in [6.07, 6.45) is 9.21. The van der Waals surface area contributed by atoms with Crippen LogP contribution in [-0.4, -0.2) is 13.2 Å². The van der Waals surface area contributed by atoms with Gasteiger partial charge < -0.3 is 4.74 Å². The maximum absolute atomic E-state index is 5.27. The number of ether oxygens (including phenoxy) is 1. The lowest BCUT2D eigenvalue weighted by Crippen LogP contribution is -2.39. The van der Waals surface area contributed by atoms with Crippen LogP contribution in [0.3, 0.4) is 0 Å². The highest BCUT2D eigenvalue weighted by Crippen LogP contribution is 2.53. The topological polar surface area (TPSA) is 9.23 Å². The minimum atomic E-state index is 0.609. The third-order valence-electron chi connectivity index (χ3n) is 3.32. The molecule has 0 amide bonds. The van der Waals surface area contributed by atoms with Crippen molar-refractivity contribution in [3.63, 3.8) is 0 Å². The van der Waals surface area contributed by atoms with E-state index in [-0.39, 0.29) is 0 Å². The van der Waals surface area contributed by atoms with Gasteiger partial charge in [0.25, 0.3) is 0 Å². The van der Waals surface area contributed by atoms with Gasteiger partial charge >= 0.3 is 0 Å². The fraction of sp³-hybridized carbons (Fsp3) is 1.00. The molecule has 1 nitrogen and oxygen atoms in total. The van der Waals surface area contributed by atoms with Crippen LogP contribution in [0.4, 0.5) is 0 Å². The van der Waals surface area contributed by atoms with Crippen molar-refractivity contribution >= 4 is 0 Å². The van der Waals surface area contributed by atoms with E-state index < -0.39 is 0 Å². The van der Waals surface area contributed by atoms with Crippen molar-refractivity contribution in [1.82, 2.24) is 0 Å². The Labute approximate surface area is 76.5 Å². The van der Waals surface area contributed by atoms with E-state index in [0.29, 0.717) is 6.10 Å². The number of rotatable bonds is 1. The predicted octanol–water partition coefficient (Wildman–Crippen LogP) is 3.38. The molecule has 0 aliphatic heterocycles. The van der Waals surface area contributed by atoms with E-state index in [1.165, 1.54) is 38.5 Å². The van der Waals surface area contributed by atoms with Crippen LogP contribution in [0.1, 0.15) is 52.4 Å². The van der Waals surface area contributed by atoms with E-state index in [4.69, 9.17) is 4.74 Å². The molecule has 2 saturated carbocycles. The summed E-state index contributed by atoms with van der Waals surface area (Å²) in [6.45, 7) is 4.00. The van der Waals surface area contributed by atoms with E-state index >= 15 is 0 Å². The van der Waals surface area contributed by atoms with E-state index in [2.05, 4.69) is 0 Å². The van der Waals surface area contributed by atoms with Crippen molar-refractivity contribution in [3.8, 4) is 0 Å². The standard InChI is InChI=1S/C9H16O.C2H6/c1-10-8-6-9(7-8)4-2-3-5-9;1-2/h8H,2-7H2,1H3;1-2H3. The highest BCUT2D eigenvalue weighted by molar-refractivity contribution is 4.97. The molecule has 0 aromatic heterocycles. The summed E-state index contributed by atoms with van der Waals surface area (Å²) in [5.41, 5.74) is 0.765. The lowest BCUT2D eigenvalue weighted by Gasteiger charge is -2.44. The Morgan fingerprint density at radius 3 is 2.00 bits per heavy atom. The van der Waals surface area contributed by atoms with Crippen LogP contribution >= 0.6 is 0 Å². The first kappa shape index (κ1) is 10.0. The Kier molecular flexibility index (Phi) is 3.57. The monoisotopic (exact) mass is 170 g/mol. The number of hydrogen-bond acceptors (Lipinski definition) is 1. The normalized spacial score (nSPS) is 26.2. The lowest BCUT2D eigenvalue weighted by molar-refractivity contribution is -0.0556. The molecular formula is C11H22O. The Hall–Kier alpha value is -0.0400. The number of hydrogen-bond donors (Lipinski definition) is 0. The average Bonchev–Trinajstić information content (AvgIpc) is 2.53. The van der Waals surface area contributed by atoms with Gasteiger partial charge in [-0.15, -0.1) is 0 Å². The van der Waals surface area contributed by atoms with Gasteiger partial charge in [0.15, 0.2) is 0 Å². The SMILES string of the molecule is CC.COC1CC2(CCCC2)C1. The first-order chi connectivity index (χ1) is 5.85. The van der Waals surface area contributed by atoms with Gasteiger partial charge in [0.1, 0.15) is 0 Å². The van der Waals surface area contributed by atoms with Crippen LogP contribution in [0.5, 0.6) is 0 Å². The highest BCUT2D eigenvalue weighted by Gasteiger charge is 2.45. The van der Waals surface area contributed by atoms with Gasteiger partial charge in [0.05, 0.1) is 6.10 Å². The fourth-order valence-corrected chi connectivity index (χ4v) is 2.61. The summed E-state index contributed by atoms with van der Waals surface area (Å²) in [7, 11) is 1.84. The first-order valence-corrected chi connectivity index (χ1v) is 5.37. The van der Waals surface area contributed by atoms with Crippen LogP contribution in [0.2, 0.25) is 0 Å². The van der Waals surface area contributed by atoms with Crippen molar-refractivity contribution in [2.24, 2.45) is 5.41 Å². The zero-order valence-corrected chi connectivity index (χ0v) is 8.73. The fourth-order valence-electron chi connectivity index (χ4n) is 2.61. The van der Waals surface area contributed by atoms with Crippen molar-refractivity contribution < 1.29 is 4.74 Å². The zero-order chi connectivity index (χ0) is 9.03. The summed E-state index contributed by atoms with van der Waals surface area (Å²) in [6, 6.07) is 0. The predicted molar refractivity (Wildman–Crippen MR) is 52.3 cm³/mol. The molecule has 1 heteroatoms. The van der Waals surface area contributed by atoms with Gasteiger partial charge in [-0.1, -0.05) is 26.7 Å². The molecule has 1 spiro atoms. The molecule has 0 bridgehead atoms. The Morgan fingerprint density at radius 2 is 1.58 bits per heavy atom. The molecule has 0 saturated heterocycles. The Balaban J connectivity index is 0.000000336. The molecule has 0 aromatic carbocycles. The van der Waals surface area contributed by atoms with E-state index in [1.54, 1.807) is 0 Å². The molecule has 0 unspecified atom stereocenters. The summed E-state index contributed by atoms with van der Waals surface area (Å²) >= 11 is 0. The van der Waals surface area contributed by atoms with Gasteiger partial charge in [0.2, 0.25) is 0 Å². The van der Waals surface area contributed by atoms with Crippen molar-refractivity contribution in [1.29, 1.82) is 0 Å². The van der Waals surface area contributed by atoms with Crippen molar-refractivity contribution in [2.45, 2.75) is 58.5 Å². The van der Waals surface area contributed by atoms with Crippen molar-refractivity contribution in [2.75, 3.05) is 7.11 Å². The smallest absolute Gasteiger partial charge is 0.0582 e. The van der Waals surface area contributed by atoms with Gasteiger partial charge in [-0.05, 0) is 31.1 Å². The number of methoxy groups -OCH3 is 1. The van der Waals surface area contributed by atoms with Gasteiger partial charge in [-0.25, -0.2) is 0 Å². The molecular weight excluding hydrogens is 148 g/mol. The third kappa shape index (κ3) is 1.82. The molecule has 12 heavy (non-hydrogen) atoms. The summed E-state index contributed by atoms with van der Waals surface area (Å²) < 4.78 is 5.27. The highest BCUT2D eigenvalue weighted by atomic mass is 16.5. The molecule has 2 rings (SSSR count). The van der Waals surface area contributed by atoms with E-state index in [9.17, 15) is 0 Å². The molecule has 0 aromatic rings. The minimum absolute atomic E-state index is 0.609. The Morgan fingerprint density at radius 1 is 1.08 bits per heavy atom. The second-order valence-corrected chi connectivity index (χ2v) is 3.97. The molecule has 0 atom stereocenters. The largest absolute Gasteiger partial charge is 0.381 e. The van der Waals surface area contributed by atoms with Crippen LogP contribution in [-0.2, 0) is 4.74 Å². The summed E-state index contributed by atoms with van der Waals surface area (Å²) in [4.78, 5) is 0. The molecule has 0 radical (unpaired) electrons. The molecule has 0 heterocycles. The lowest BCUT2D eigenvalue weighted by atomic mass is 9.66. The second-order valence-electron chi connectivity index (χ2n) is 3.97. The summed E-state index contributed by atoms with van der Waals surface area (Å²) in [5.74, 6) is 0. The molecule has 2 fully saturated rings. The first-order valence-electron chi connectivity index (χ1n) is 5.37. The van der Waals surface area contributed by atoms with E-state index in [1.807, 2.05) is 21.0 Å². The van der Waals surface area contributed by atoms with Crippen molar-refractivity contribution in [3.05, 3.63) is 0 Å². The maximum atomic E-state index is 5.27. The molecule has 2 aliphatic rings. The van der Waals surface area contributed by atoms with Crippen LogP contribution in [0, 0.1) is 5.41 Å². The third-order valence-corrected chi connectivity index (χ3v) is 3.32. The summed E-state index contributed by atoms with van der Waals surface area (Å²) in [5, 5.41) is 0. The van der Waals surface area contributed by atoms with Gasteiger partial charge in [-0.3, -0.25) is 0 Å².